The molecule has 3 N–H and O–H groups in total. The number of nitrogens with two attached hydrogens (primary N) is 1. The van der Waals surface area contributed by atoms with Crippen molar-refractivity contribution < 1.29 is 9.21 Å². The molecule has 0 fully saturated rings. The lowest BCUT2D eigenvalue weighted by Crippen LogP contribution is -2.13. The standard InChI is InChI=1S/C19H19N3O3.2ClH/c1-12-7-18(23)25-17-9-15(4-5-16(12)17)22-19(24)14-8-13(3-2-6-20)10-21-11-14;;/h4-5,7-11H,2-3,6,20H2,1H3,(H,22,24);2*1H. The number of benzene rings is 1. The van der Waals surface area contributed by atoms with Gasteiger partial charge >= 0.3 is 5.63 Å². The number of anilines is 1. The zero-order valence-corrected chi connectivity index (χ0v) is 16.4. The molecule has 8 heteroatoms. The van der Waals surface area contributed by atoms with E-state index in [0.717, 1.165) is 29.4 Å². The molecule has 0 saturated heterocycles. The van der Waals surface area contributed by atoms with Gasteiger partial charge in [0.25, 0.3) is 5.91 Å². The molecule has 2 heterocycles. The first-order valence-electron chi connectivity index (χ1n) is 8.06. The van der Waals surface area contributed by atoms with E-state index in [1.807, 2.05) is 19.1 Å². The highest BCUT2D eigenvalue weighted by atomic mass is 35.5. The average Bonchev–Trinajstić information content (AvgIpc) is 2.59. The number of carbonyl (C=O) groups is 1. The highest BCUT2D eigenvalue weighted by molar-refractivity contribution is 6.04. The largest absolute Gasteiger partial charge is 0.423 e. The maximum atomic E-state index is 12.4. The molecule has 2 aromatic heterocycles. The van der Waals surface area contributed by atoms with Crippen LogP contribution >= 0.6 is 24.8 Å². The van der Waals surface area contributed by atoms with E-state index in [9.17, 15) is 9.59 Å². The third-order valence-electron chi connectivity index (χ3n) is 3.94. The van der Waals surface area contributed by atoms with E-state index >= 15 is 0 Å². The lowest BCUT2D eigenvalue weighted by atomic mass is 10.1. The van der Waals surface area contributed by atoms with Gasteiger partial charge in [-0.05, 0) is 55.6 Å². The van der Waals surface area contributed by atoms with E-state index in [1.165, 1.54) is 12.3 Å². The van der Waals surface area contributed by atoms with Crippen molar-refractivity contribution in [2.75, 3.05) is 11.9 Å². The Bertz CT molecular complexity index is 989. The fourth-order valence-electron chi connectivity index (χ4n) is 2.66. The van der Waals surface area contributed by atoms with Crippen LogP contribution in [0, 0.1) is 6.92 Å². The maximum Gasteiger partial charge on any atom is 0.336 e. The molecule has 0 spiro atoms. The van der Waals surface area contributed by atoms with Gasteiger partial charge in [-0.2, -0.15) is 0 Å². The van der Waals surface area contributed by atoms with Crippen LogP contribution in [0.5, 0.6) is 0 Å². The van der Waals surface area contributed by atoms with Crippen molar-refractivity contribution in [1.29, 1.82) is 0 Å². The Kier molecular flexibility index (Phi) is 8.43. The van der Waals surface area contributed by atoms with Crippen molar-refractivity contribution in [3.8, 4) is 0 Å². The van der Waals surface area contributed by atoms with E-state index in [2.05, 4.69) is 10.3 Å². The summed E-state index contributed by atoms with van der Waals surface area (Å²) in [4.78, 5) is 28.1. The summed E-state index contributed by atoms with van der Waals surface area (Å²) in [6.45, 7) is 2.44. The van der Waals surface area contributed by atoms with E-state index < -0.39 is 5.63 Å². The first-order valence-corrected chi connectivity index (χ1v) is 8.06. The average molecular weight is 410 g/mol. The van der Waals surface area contributed by atoms with Gasteiger partial charge in [-0.25, -0.2) is 4.79 Å². The molecular formula is C19H21Cl2N3O3. The van der Waals surface area contributed by atoms with Crippen LogP contribution in [0.15, 0.2) is 51.9 Å². The zero-order valence-electron chi connectivity index (χ0n) is 14.7. The topological polar surface area (TPSA) is 98.2 Å². The van der Waals surface area contributed by atoms with Crippen LogP contribution in [0.4, 0.5) is 5.69 Å². The van der Waals surface area contributed by atoms with E-state index in [0.29, 0.717) is 23.4 Å². The first kappa shape index (κ1) is 22.6. The van der Waals surface area contributed by atoms with E-state index in [4.69, 9.17) is 10.2 Å². The minimum absolute atomic E-state index is 0. The van der Waals surface area contributed by atoms with Gasteiger partial charge in [-0.1, -0.05) is 0 Å². The van der Waals surface area contributed by atoms with Gasteiger partial charge in [0.2, 0.25) is 0 Å². The van der Waals surface area contributed by atoms with Crippen LogP contribution in [-0.2, 0) is 6.42 Å². The van der Waals surface area contributed by atoms with Crippen molar-refractivity contribution in [2.24, 2.45) is 5.73 Å². The van der Waals surface area contributed by atoms with Crippen LogP contribution in [-0.4, -0.2) is 17.4 Å². The van der Waals surface area contributed by atoms with Crippen LogP contribution in [0.25, 0.3) is 11.0 Å². The molecule has 0 aliphatic heterocycles. The molecule has 0 bridgehead atoms. The number of nitrogens with one attached hydrogen (secondary N) is 1. The molecule has 6 nitrogen and oxygen atoms in total. The van der Waals surface area contributed by atoms with Gasteiger partial charge in [0.1, 0.15) is 5.58 Å². The maximum absolute atomic E-state index is 12.4. The van der Waals surface area contributed by atoms with Crippen molar-refractivity contribution >= 4 is 47.4 Å². The molecule has 0 radical (unpaired) electrons. The third-order valence-corrected chi connectivity index (χ3v) is 3.94. The van der Waals surface area contributed by atoms with Crippen molar-refractivity contribution in [3.05, 3.63) is 69.8 Å². The molecule has 0 atom stereocenters. The molecule has 3 rings (SSSR count). The number of nitrogens with zero attached hydrogens (tertiary/aromatic N) is 1. The minimum atomic E-state index is -0.412. The molecule has 3 aromatic rings. The summed E-state index contributed by atoms with van der Waals surface area (Å²) in [5, 5.41) is 3.64. The number of amides is 1. The predicted molar refractivity (Wildman–Crippen MR) is 111 cm³/mol. The van der Waals surface area contributed by atoms with Crippen molar-refractivity contribution in [1.82, 2.24) is 4.98 Å². The zero-order chi connectivity index (χ0) is 17.8. The van der Waals surface area contributed by atoms with Crippen molar-refractivity contribution in [2.45, 2.75) is 19.8 Å². The molecule has 27 heavy (non-hydrogen) atoms. The van der Waals surface area contributed by atoms with Crippen molar-refractivity contribution in [3.63, 3.8) is 0 Å². The third kappa shape index (κ3) is 5.53. The number of aromatic nitrogens is 1. The summed E-state index contributed by atoms with van der Waals surface area (Å²) in [7, 11) is 0. The number of aryl methyl sites for hydroxylation is 2. The number of pyridine rings is 1. The van der Waals surface area contributed by atoms with Gasteiger partial charge in [0.05, 0.1) is 5.56 Å². The predicted octanol–water partition coefficient (Wildman–Crippen LogP) is 3.48. The summed E-state index contributed by atoms with van der Waals surface area (Å²) in [5.74, 6) is -0.267. The van der Waals surface area contributed by atoms with E-state index in [1.54, 1.807) is 18.3 Å². The van der Waals surface area contributed by atoms with Gasteiger partial charge in [-0.3, -0.25) is 9.78 Å². The Morgan fingerprint density at radius 3 is 2.70 bits per heavy atom. The fourth-order valence-corrected chi connectivity index (χ4v) is 2.66. The summed E-state index contributed by atoms with van der Waals surface area (Å²) in [6, 6.07) is 8.49. The Hall–Kier alpha value is -2.41. The van der Waals surface area contributed by atoms with Crippen LogP contribution in [0.1, 0.15) is 27.9 Å². The lowest BCUT2D eigenvalue weighted by Gasteiger charge is -2.08. The van der Waals surface area contributed by atoms with Crippen LogP contribution < -0.4 is 16.7 Å². The first-order chi connectivity index (χ1) is 12.1. The molecule has 1 aromatic carbocycles. The Labute approximate surface area is 169 Å². The highest BCUT2D eigenvalue weighted by Gasteiger charge is 2.09. The quantitative estimate of drug-likeness (QED) is 0.628. The smallest absolute Gasteiger partial charge is 0.336 e. The second-order valence-corrected chi connectivity index (χ2v) is 5.89. The number of hydrogen-bond donors (Lipinski definition) is 2. The Morgan fingerprint density at radius 1 is 1.19 bits per heavy atom. The van der Waals surface area contributed by atoms with Gasteiger partial charge in [0, 0.05) is 35.6 Å². The normalized spacial score (nSPS) is 10.0. The Morgan fingerprint density at radius 2 is 1.96 bits per heavy atom. The molecular weight excluding hydrogens is 389 g/mol. The summed E-state index contributed by atoms with van der Waals surface area (Å²) < 4.78 is 5.20. The number of rotatable bonds is 5. The molecule has 0 unspecified atom stereocenters. The number of carbonyl (C=O) groups excluding carboxylic acids is 1. The number of halogens is 2. The molecule has 0 saturated carbocycles. The Balaban J connectivity index is 0.00000182. The van der Waals surface area contributed by atoms with Gasteiger partial charge in [0.15, 0.2) is 0 Å². The molecule has 0 aliphatic rings. The van der Waals surface area contributed by atoms with Crippen LogP contribution in [0.3, 0.4) is 0 Å². The summed E-state index contributed by atoms with van der Waals surface area (Å²) >= 11 is 0. The molecule has 1 amide bonds. The van der Waals surface area contributed by atoms with Gasteiger partial charge < -0.3 is 15.5 Å². The lowest BCUT2D eigenvalue weighted by molar-refractivity contribution is 0.102. The number of hydrogen-bond acceptors (Lipinski definition) is 5. The minimum Gasteiger partial charge on any atom is -0.423 e. The second-order valence-electron chi connectivity index (χ2n) is 5.89. The fraction of sp³-hybridized carbons (Fsp3) is 0.211. The SMILES string of the molecule is Cc1cc(=O)oc2cc(NC(=O)c3cncc(CCCN)c3)ccc12.Cl.Cl. The van der Waals surface area contributed by atoms with Crippen LogP contribution in [0.2, 0.25) is 0 Å². The molecule has 0 aliphatic carbocycles. The molecule has 144 valence electrons. The monoisotopic (exact) mass is 409 g/mol. The second kappa shape index (κ2) is 10.1. The van der Waals surface area contributed by atoms with Gasteiger partial charge in [-0.15, -0.1) is 24.8 Å². The summed E-state index contributed by atoms with van der Waals surface area (Å²) in [6.07, 6.45) is 4.88. The summed E-state index contributed by atoms with van der Waals surface area (Å²) in [5.41, 5.74) is 8.37. The highest BCUT2D eigenvalue weighted by Crippen LogP contribution is 2.21. The van der Waals surface area contributed by atoms with E-state index in [-0.39, 0.29) is 30.7 Å². The number of fused-ring (bicyclic) bond motifs is 1.